The molecule has 1 heterocycles. The van der Waals surface area contributed by atoms with E-state index in [1.54, 1.807) is 65.0 Å². The number of ketones is 1. The number of carbonyl (C=O) groups excluding carboxylic acids is 10. The predicted molar refractivity (Wildman–Crippen MR) is 259 cm³/mol. The average molecular weight is 969 g/mol. The second kappa shape index (κ2) is 26.2. The van der Waals surface area contributed by atoms with Gasteiger partial charge in [-0.3, -0.25) is 47.9 Å². The number of nitrogens with one attached hydrogen (secondary N) is 4. The standard InChI is InChI=1S/C50H80N8O11/c1-17-30(7)41-46(65)52-26-38(59)56(14)36(24-28(3)4)44(63)51-27-39(60)58(16)40(29(5)6)47(66)57(15)37(25-34-22-20-19-21-23-34)45(64)53-32(9)42(61)50(11,12)49(68)55(13)33(10)43(62)54-35(18-2)31(8)48(67)69-41/h19-23,28-33,35-37,40-41H,17-18,24-27H2,1-16H3,(H,51,63)(H,52,65)(H,53,64)(H,54,62)/t30?,31?,32-,33-,35?,36-,37-,40-,41?/m0/s1. The van der Waals surface area contributed by atoms with Crippen LogP contribution in [0.1, 0.15) is 108 Å². The quantitative estimate of drug-likeness (QED) is 0.217. The van der Waals surface area contributed by atoms with Crippen LogP contribution >= 0.6 is 0 Å². The number of hydrogen-bond donors (Lipinski definition) is 4. The maximum absolute atomic E-state index is 14.5. The molecule has 1 aromatic carbocycles. The highest BCUT2D eigenvalue weighted by atomic mass is 16.5. The van der Waals surface area contributed by atoms with Crippen molar-refractivity contribution in [1.82, 2.24) is 40.9 Å². The van der Waals surface area contributed by atoms with E-state index in [-0.39, 0.29) is 25.2 Å². The maximum atomic E-state index is 14.5. The van der Waals surface area contributed by atoms with Crippen LogP contribution < -0.4 is 21.3 Å². The molecule has 1 aliphatic heterocycles. The maximum Gasteiger partial charge on any atom is 0.311 e. The van der Waals surface area contributed by atoms with Crippen LogP contribution in [-0.4, -0.2) is 162 Å². The Morgan fingerprint density at radius 2 is 1.23 bits per heavy atom. The molecule has 0 radical (unpaired) electrons. The molecule has 0 spiro atoms. The molecular formula is C50H80N8O11. The molecule has 0 saturated carbocycles. The van der Waals surface area contributed by atoms with Crippen LogP contribution in [0.25, 0.3) is 0 Å². The lowest BCUT2D eigenvalue weighted by atomic mass is 9.82. The molecule has 4 unspecified atom stereocenters. The van der Waals surface area contributed by atoms with Crippen molar-refractivity contribution in [2.75, 3.05) is 41.3 Å². The number of amides is 8. The molecule has 19 nitrogen and oxygen atoms in total. The minimum absolute atomic E-state index is 0.0206. The number of nitrogens with zero attached hydrogens (tertiary/aromatic N) is 4. The van der Waals surface area contributed by atoms with Crippen molar-refractivity contribution < 1.29 is 52.7 Å². The summed E-state index contributed by atoms with van der Waals surface area (Å²) in [5, 5.41) is 10.7. The van der Waals surface area contributed by atoms with E-state index >= 15 is 0 Å². The van der Waals surface area contributed by atoms with Crippen LogP contribution in [0.5, 0.6) is 0 Å². The number of Topliss-reactive ketones (excluding diaryl/α,β-unsaturated/α-hetero) is 1. The Bertz CT molecular complexity index is 2010. The van der Waals surface area contributed by atoms with Crippen molar-refractivity contribution in [3.63, 3.8) is 0 Å². The highest BCUT2D eigenvalue weighted by Gasteiger charge is 2.45. The Labute approximate surface area is 408 Å². The Morgan fingerprint density at radius 1 is 0.681 bits per heavy atom. The second-order valence-electron chi connectivity index (χ2n) is 19.8. The first-order chi connectivity index (χ1) is 32.0. The number of esters is 1. The minimum Gasteiger partial charge on any atom is -0.452 e. The zero-order valence-corrected chi connectivity index (χ0v) is 43.8. The average Bonchev–Trinajstić information content (AvgIpc) is 3.31. The number of ether oxygens (including phenoxy) is 1. The summed E-state index contributed by atoms with van der Waals surface area (Å²) in [5.41, 5.74) is -1.07. The van der Waals surface area contributed by atoms with Gasteiger partial charge in [-0.15, -0.1) is 0 Å². The Hall–Kier alpha value is -5.88. The predicted octanol–water partition coefficient (Wildman–Crippen LogP) is 2.09. The highest BCUT2D eigenvalue weighted by Crippen LogP contribution is 2.25. The van der Waals surface area contributed by atoms with Gasteiger partial charge in [0.1, 0.15) is 29.6 Å². The molecule has 8 amide bonds. The third-order valence-corrected chi connectivity index (χ3v) is 13.4. The van der Waals surface area contributed by atoms with E-state index in [1.807, 2.05) is 13.8 Å². The third kappa shape index (κ3) is 15.6. The molecular weight excluding hydrogens is 889 g/mol. The third-order valence-electron chi connectivity index (χ3n) is 13.4. The van der Waals surface area contributed by atoms with E-state index in [9.17, 15) is 47.9 Å². The van der Waals surface area contributed by atoms with Crippen molar-refractivity contribution in [1.29, 1.82) is 0 Å². The Morgan fingerprint density at radius 3 is 1.75 bits per heavy atom. The first kappa shape index (κ1) is 59.2. The van der Waals surface area contributed by atoms with Crippen LogP contribution in [0.3, 0.4) is 0 Å². The second-order valence-corrected chi connectivity index (χ2v) is 19.8. The number of cyclic esters (lactones) is 1. The van der Waals surface area contributed by atoms with Crippen molar-refractivity contribution in [3.05, 3.63) is 35.9 Å². The Balaban J connectivity index is 2.69. The molecule has 386 valence electrons. The van der Waals surface area contributed by atoms with Crippen molar-refractivity contribution in [2.45, 2.75) is 151 Å². The topological polar surface area (TPSA) is 241 Å². The van der Waals surface area contributed by atoms with Gasteiger partial charge < -0.3 is 45.6 Å². The summed E-state index contributed by atoms with van der Waals surface area (Å²) >= 11 is 0. The number of benzene rings is 1. The van der Waals surface area contributed by atoms with Crippen molar-refractivity contribution in [2.24, 2.45) is 29.1 Å². The summed E-state index contributed by atoms with van der Waals surface area (Å²) in [6.45, 7) is 18.5. The summed E-state index contributed by atoms with van der Waals surface area (Å²) in [6, 6.07) is 2.32. The molecule has 69 heavy (non-hydrogen) atoms. The van der Waals surface area contributed by atoms with Crippen molar-refractivity contribution in [3.8, 4) is 0 Å². The summed E-state index contributed by atoms with van der Waals surface area (Å²) < 4.78 is 5.77. The SMILES string of the molecule is CCC(C)C1OC(=O)C(C)C(CC)NC(=O)[C@H](C)N(C)C(=O)C(C)(C)C(=O)[C@H](C)NC(=O)[C@H](Cc2ccccc2)N(C)C(=O)[C@H](C(C)C)N(C)C(=O)CNC(=O)[C@H](CC(C)C)N(C)C(=O)CNC1=O. The lowest BCUT2D eigenvalue weighted by molar-refractivity contribution is -0.164. The van der Waals surface area contributed by atoms with E-state index in [1.165, 1.54) is 77.5 Å². The fourth-order valence-electron chi connectivity index (χ4n) is 8.25. The van der Waals surface area contributed by atoms with E-state index in [0.717, 1.165) is 4.90 Å². The lowest BCUT2D eigenvalue weighted by Crippen LogP contribution is -2.60. The van der Waals surface area contributed by atoms with Gasteiger partial charge in [0.25, 0.3) is 5.91 Å². The van der Waals surface area contributed by atoms with E-state index in [2.05, 4.69) is 21.3 Å². The van der Waals surface area contributed by atoms with Gasteiger partial charge in [-0.2, -0.15) is 0 Å². The normalized spacial score (nSPS) is 27.2. The van der Waals surface area contributed by atoms with Crippen LogP contribution in [0, 0.1) is 29.1 Å². The molecule has 2 rings (SSSR count). The van der Waals surface area contributed by atoms with Gasteiger partial charge in [-0.1, -0.05) is 78.8 Å². The van der Waals surface area contributed by atoms with Crippen LogP contribution in [0.15, 0.2) is 30.3 Å². The van der Waals surface area contributed by atoms with Crippen LogP contribution in [0.2, 0.25) is 0 Å². The molecule has 1 saturated heterocycles. The molecule has 1 aromatic rings. The van der Waals surface area contributed by atoms with Gasteiger partial charge in [0.15, 0.2) is 11.9 Å². The summed E-state index contributed by atoms with van der Waals surface area (Å²) in [7, 11) is 5.62. The van der Waals surface area contributed by atoms with E-state index < -0.39 is 138 Å². The molecule has 9 atom stereocenters. The first-order valence-electron chi connectivity index (χ1n) is 24.0. The monoisotopic (exact) mass is 969 g/mol. The number of likely N-dealkylation sites (N-methyl/N-ethyl adjacent to an activating group) is 4. The fraction of sp³-hybridized carbons (Fsp3) is 0.680. The largest absolute Gasteiger partial charge is 0.452 e. The molecule has 1 fully saturated rings. The van der Waals surface area contributed by atoms with Gasteiger partial charge in [0.05, 0.1) is 25.0 Å². The fourth-order valence-corrected chi connectivity index (χ4v) is 8.25. The number of hydrogen-bond acceptors (Lipinski definition) is 11. The molecule has 0 aliphatic carbocycles. The molecule has 4 N–H and O–H groups in total. The lowest BCUT2D eigenvalue weighted by Gasteiger charge is -2.37. The van der Waals surface area contributed by atoms with Gasteiger partial charge in [0.2, 0.25) is 41.4 Å². The van der Waals surface area contributed by atoms with Crippen LogP contribution in [-0.2, 0) is 59.1 Å². The molecule has 19 heteroatoms. The summed E-state index contributed by atoms with van der Waals surface area (Å²) in [6.07, 6.45) is -0.422. The first-order valence-corrected chi connectivity index (χ1v) is 24.0. The zero-order valence-electron chi connectivity index (χ0n) is 43.8. The number of carbonyl (C=O) groups is 10. The Kier molecular flexibility index (Phi) is 22.5. The van der Waals surface area contributed by atoms with E-state index in [0.29, 0.717) is 12.0 Å². The smallest absolute Gasteiger partial charge is 0.311 e. The van der Waals surface area contributed by atoms with Gasteiger partial charge in [0, 0.05) is 46.6 Å². The van der Waals surface area contributed by atoms with Gasteiger partial charge in [-0.05, 0) is 71.3 Å². The highest BCUT2D eigenvalue weighted by molar-refractivity contribution is 6.09. The van der Waals surface area contributed by atoms with Gasteiger partial charge in [-0.25, -0.2) is 0 Å². The van der Waals surface area contributed by atoms with Crippen LogP contribution in [0.4, 0.5) is 0 Å². The molecule has 0 aromatic heterocycles. The molecule has 0 bridgehead atoms. The summed E-state index contributed by atoms with van der Waals surface area (Å²) in [5.74, 6) is -8.81. The van der Waals surface area contributed by atoms with Gasteiger partial charge >= 0.3 is 5.97 Å². The zero-order chi connectivity index (χ0) is 52.8. The minimum atomic E-state index is -1.77. The van der Waals surface area contributed by atoms with Crippen molar-refractivity contribution >= 4 is 59.0 Å². The number of rotatable bonds is 8. The summed E-state index contributed by atoms with van der Waals surface area (Å²) in [4.78, 5) is 144. The van der Waals surface area contributed by atoms with E-state index in [4.69, 9.17) is 4.74 Å². The molecule has 1 aliphatic rings.